The Bertz CT molecular complexity index is 234. The summed E-state index contributed by atoms with van der Waals surface area (Å²) in [5, 5.41) is 3.48. The quantitative estimate of drug-likeness (QED) is 0.671. The molecule has 0 amide bonds. The van der Waals surface area contributed by atoms with E-state index in [1.165, 1.54) is 0 Å². The zero-order valence-corrected chi connectivity index (χ0v) is 9.66. The van der Waals surface area contributed by atoms with Gasteiger partial charge >= 0.3 is 0 Å². The van der Waals surface area contributed by atoms with Crippen molar-refractivity contribution >= 4 is 0 Å². The lowest BCUT2D eigenvalue weighted by molar-refractivity contribution is 0.192. The van der Waals surface area contributed by atoms with E-state index in [0.29, 0.717) is 6.04 Å². The summed E-state index contributed by atoms with van der Waals surface area (Å²) in [5.41, 5.74) is 0. The van der Waals surface area contributed by atoms with Crippen molar-refractivity contribution in [1.82, 2.24) is 5.32 Å². The van der Waals surface area contributed by atoms with E-state index >= 15 is 0 Å². The Labute approximate surface area is 91.8 Å². The maximum atomic E-state index is 5.38. The molecular formula is C12H21NO2. The molecular weight excluding hydrogens is 190 g/mol. The summed E-state index contributed by atoms with van der Waals surface area (Å²) in [7, 11) is 1.74. The fourth-order valence-electron chi connectivity index (χ4n) is 1.58. The van der Waals surface area contributed by atoms with Gasteiger partial charge in [0.25, 0.3) is 0 Å². The number of methoxy groups -OCH3 is 1. The van der Waals surface area contributed by atoms with Crippen LogP contribution in [0.15, 0.2) is 22.8 Å². The molecule has 1 aromatic heterocycles. The van der Waals surface area contributed by atoms with Gasteiger partial charge in [-0.1, -0.05) is 6.92 Å². The molecule has 15 heavy (non-hydrogen) atoms. The molecule has 3 heteroatoms. The molecule has 0 aromatic carbocycles. The summed E-state index contributed by atoms with van der Waals surface area (Å²) in [5.74, 6) is 1.03. The number of hydrogen-bond donors (Lipinski definition) is 1. The Morgan fingerprint density at radius 1 is 1.47 bits per heavy atom. The minimum absolute atomic E-state index is 0.350. The average Bonchev–Trinajstić information content (AvgIpc) is 2.77. The molecule has 3 nitrogen and oxygen atoms in total. The molecule has 0 spiro atoms. The van der Waals surface area contributed by atoms with Gasteiger partial charge in [0.15, 0.2) is 0 Å². The van der Waals surface area contributed by atoms with E-state index in [9.17, 15) is 0 Å². The van der Waals surface area contributed by atoms with Crippen molar-refractivity contribution in [1.29, 1.82) is 0 Å². The van der Waals surface area contributed by atoms with Crippen molar-refractivity contribution in [3.05, 3.63) is 24.2 Å². The van der Waals surface area contributed by atoms with Crippen molar-refractivity contribution < 1.29 is 9.15 Å². The molecule has 0 radical (unpaired) electrons. The van der Waals surface area contributed by atoms with Crippen LogP contribution in [-0.4, -0.2) is 20.3 Å². The number of hydrogen-bond acceptors (Lipinski definition) is 3. The van der Waals surface area contributed by atoms with Crippen LogP contribution in [0.25, 0.3) is 0 Å². The van der Waals surface area contributed by atoms with Crippen LogP contribution in [0.3, 0.4) is 0 Å². The third-order valence-corrected chi connectivity index (χ3v) is 2.46. The maximum Gasteiger partial charge on any atom is 0.120 e. The monoisotopic (exact) mass is 211 g/mol. The van der Waals surface area contributed by atoms with E-state index in [0.717, 1.165) is 38.2 Å². The van der Waals surface area contributed by atoms with E-state index < -0.39 is 0 Å². The van der Waals surface area contributed by atoms with Crippen LogP contribution in [0.5, 0.6) is 0 Å². The fourth-order valence-corrected chi connectivity index (χ4v) is 1.58. The van der Waals surface area contributed by atoms with Gasteiger partial charge in [0.2, 0.25) is 0 Å². The van der Waals surface area contributed by atoms with E-state index in [2.05, 4.69) is 12.2 Å². The van der Waals surface area contributed by atoms with Gasteiger partial charge < -0.3 is 14.5 Å². The van der Waals surface area contributed by atoms with E-state index in [1.54, 1.807) is 13.4 Å². The van der Waals surface area contributed by atoms with Crippen LogP contribution in [0.1, 0.15) is 38.0 Å². The van der Waals surface area contributed by atoms with Crippen molar-refractivity contribution in [3.8, 4) is 0 Å². The van der Waals surface area contributed by atoms with Crippen LogP contribution in [0, 0.1) is 0 Å². The zero-order chi connectivity index (χ0) is 10.9. The highest BCUT2D eigenvalue weighted by atomic mass is 16.5. The maximum absolute atomic E-state index is 5.38. The topological polar surface area (TPSA) is 34.4 Å². The predicted molar refractivity (Wildman–Crippen MR) is 60.9 cm³/mol. The summed E-state index contributed by atoms with van der Waals surface area (Å²) >= 11 is 0. The van der Waals surface area contributed by atoms with E-state index in [4.69, 9.17) is 9.15 Å². The molecule has 0 fully saturated rings. The minimum atomic E-state index is 0.350. The van der Waals surface area contributed by atoms with Crippen molar-refractivity contribution in [2.75, 3.05) is 20.3 Å². The second kappa shape index (κ2) is 7.49. The highest BCUT2D eigenvalue weighted by Gasteiger charge is 2.09. The molecule has 1 aromatic rings. The van der Waals surface area contributed by atoms with Gasteiger partial charge in [0.05, 0.1) is 12.3 Å². The molecule has 0 aliphatic carbocycles. The first-order valence-corrected chi connectivity index (χ1v) is 5.64. The first kappa shape index (κ1) is 12.3. The molecule has 1 heterocycles. The molecule has 1 N–H and O–H groups in total. The molecule has 0 saturated carbocycles. The SMILES string of the molecule is CCC(NCCCCOC)c1ccco1. The number of furan rings is 1. The van der Waals surface area contributed by atoms with Crippen LogP contribution in [-0.2, 0) is 4.74 Å². The van der Waals surface area contributed by atoms with Gasteiger partial charge in [-0.05, 0) is 37.9 Å². The summed E-state index contributed by atoms with van der Waals surface area (Å²) < 4.78 is 10.4. The highest BCUT2D eigenvalue weighted by molar-refractivity contribution is 5.03. The normalized spacial score (nSPS) is 12.9. The lowest BCUT2D eigenvalue weighted by Gasteiger charge is -2.14. The molecule has 1 unspecified atom stereocenters. The van der Waals surface area contributed by atoms with E-state index in [-0.39, 0.29) is 0 Å². The largest absolute Gasteiger partial charge is 0.468 e. The Morgan fingerprint density at radius 2 is 2.33 bits per heavy atom. The first-order valence-electron chi connectivity index (χ1n) is 5.64. The second-order valence-electron chi connectivity index (χ2n) is 3.63. The van der Waals surface area contributed by atoms with E-state index in [1.807, 2.05) is 12.1 Å². The Balaban J connectivity index is 2.18. The second-order valence-corrected chi connectivity index (χ2v) is 3.63. The number of nitrogens with one attached hydrogen (secondary N) is 1. The average molecular weight is 211 g/mol. The Kier molecular flexibility index (Phi) is 6.12. The minimum Gasteiger partial charge on any atom is -0.468 e. The van der Waals surface area contributed by atoms with Crippen LogP contribution in [0.4, 0.5) is 0 Å². The molecule has 0 aliphatic rings. The van der Waals surface area contributed by atoms with Crippen molar-refractivity contribution in [3.63, 3.8) is 0 Å². The Hall–Kier alpha value is -0.800. The third-order valence-electron chi connectivity index (χ3n) is 2.46. The Morgan fingerprint density at radius 3 is 2.93 bits per heavy atom. The molecule has 1 atom stereocenters. The van der Waals surface area contributed by atoms with Crippen LogP contribution in [0.2, 0.25) is 0 Å². The van der Waals surface area contributed by atoms with Gasteiger partial charge in [-0.25, -0.2) is 0 Å². The standard InChI is InChI=1S/C12H21NO2/c1-3-11(12-7-6-10-15-12)13-8-4-5-9-14-2/h6-7,10-11,13H,3-5,8-9H2,1-2H3. The van der Waals surface area contributed by atoms with Gasteiger partial charge in [0.1, 0.15) is 5.76 Å². The number of ether oxygens (including phenoxy) is 1. The summed E-state index contributed by atoms with van der Waals surface area (Å²) in [6.07, 6.45) is 5.03. The van der Waals surface area contributed by atoms with Gasteiger partial charge in [0, 0.05) is 13.7 Å². The van der Waals surface area contributed by atoms with Crippen LogP contribution < -0.4 is 5.32 Å². The lowest BCUT2D eigenvalue weighted by Crippen LogP contribution is -2.21. The first-order chi connectivity index (χ1) is 7.38. The highest BCUT2D eigenvalue weighted by Crippen LogP contribution is 2.16. The molecule has 0 saturated heterocycles. The zero-order valence-electron chi connectivity index (χ0n) is 9.66. The van der Waals surface area contributed by atoms with Crippen LogP contribution >= 0.6 is 0 Å². The smallest absolute Gasteiger partial charge is 0.120 e. The fraction of sp³-hybridized carbons (Fsp3) is 0.667. The molecule has 86 valence electrons. The van der Waals surface area contributed by atoms with Gasteiger partial charge in [-0.15, -0.1) is 0 Å². The number of rotatable bonds is 8. The summed E-state index contributed by atoms with van der Waals surface area (Å²) in [6, 6.07) is 4.31. The molecule has 1 rings (SSSR count). The summed E-state index contributed by atoms with van der Waals surface area (Å²) in [4.78, 5) is 0. The lowest BCUT2D eigenvalue weighted by atomic mass is 10.1. The molecule has 0 bridgehead atoms. The molecule has 0 aliphatic heterocycles. The van der Waals surface area contributed by atoms with Crippen molar-refractivity contribution in [2.24, 2.45) is 0 Å². The third kappa shape index (κ3) is 4.49. The van der Waals surface area contributed by atoms with Crippen molar-refractivity contribution in [2.45, 2.75) is 32.2 Å². The van der Waals surface area contributed by atoms with Gasteiger partial charge in [-0.3, -0.25) is 0 Å². The summed E-state index contributed by atoms with van der Waals surface area (Å²) in [6.45, 7) is 4.02. The predicted octanol–water partition coefficient (Wildman–Crippen LogP) is 2.75. The number of unbranched alkanes of at least 4 members (excludes halogenated alkanes) is 1. The van der Waals surface area contributed by atoms with Gasteiger partial charge in [-0.2, -0.15) is 0 Å².